The predicted molar refractivity (Wildman–Crippen MR) is 77.9 cm³/mol. The van der Waals surface area contributed by atoms with Crippen molar-refractivity contribution in [2.45, 2.75) is 6.42 Å². The largest absolute Gasteiger partial charge is 0.472 e. The fourth-order valence-corrected chi connectivity index (χ4v) is 2.73. The molecule has 0 saturated carbocycles. The zero-order valence-electron chi connectivity index (χ0n) is 11.5. The van der Waals surface area contributed by atoms with Crippen LogP contribution in [0.25, 0.3) is 0 Å². The maximum Gasteiger partial charge on any atom is 0.260 e. The fraction of sp³-hybridized carbons (Fsp3) is 0.0667. The highest BCUT2D eigenvalue weighted by molar-refractivity contribution is 7.15. The van der Waals surface area contributed by atoms with E-state index in [4.69, 9.17) is 4.42 Å². The summed E-state index contributed by atoms with van der Waals surface area (Å²) < 4.78 is 44.5. The van der Waals surface area contributed by atoms with Gasteiger partial charge >= 0.3 is 0 Å². The van der Waals surface area contributed by atoms with Crippen molar-refractivity contribution in [2.24, 2.45) is 0 Å². The van der Waals surface area contributed by atoms with Gasteiger partial charge in [0.25, 0.3) is 5.91 Å². The van der Waals surface area contributed by atoms with Crippen LogP contribution in [0.2, 0.25) is 0 Å². The van der Waals surface area contributed by atoms with Crippen molar-refractivity contribution in [3.63, 3.8) is 0 Å². The lowest BCUT2D eigenvalue weighted by Gasteiger charge is -2.02. The predicted octanol–water partition coefficient (Wildman–Crippen LogP) is 4.00. The quantitative estimate of drug-likeness (QED) is 0.732. The Morgan fingerprint density at radius 1 is 1.22 bits per heavy atom. The molecule has 0 unspecified atom stereocenters. The molecule has 3 aromatic rings. The normalized spacial score (nSPS) is 10.7. The molecule has 0 fully saturated rings. The molecule has 1 amide bonds. The first kappa shape index (κ1) is 15.3. The molecular formula is C15H9F3N2O2S. The number of carbonyl (C=O) groups is 1. The van der Waals surface area contributed by atoms with Crippen LogP contribution in [-0.4, -0.2) is 10.9 Å². The molecule has 3 rings (SSSR count). The van der Waals surface area contributed by atoms with E-state index in [1.54, 1.807) is 0 Å². The Morgan fingerprint density at radius 3 is 2.78 bits per heavy atom. The lowest BCUT2D eigenvalue weighted by Crippen LogP contribution is -2.10. The van der Waals surface area contributed by atoms with Crippen LogP contribution in [-0.2, 0) is 6.42 Å². The van der Waals surface area contributed by atoms with Crippen molar-refractivity contribution in [2.75, 3.05) is 5.32 Å². The third-order valence-electron chi connectivity index (χ3n) is 3.04. The van der Waals surface area contributed by atoms with Gasteiger partial charge in [-0.1, -0.05) is 6.07 Å². The average Bonchev–Trinajstić information content (AvgIpc) is 3.20. The summed E-state index contributed by atoms with van der Waals surface area (Å²) >= 11 is 1.12. The van der Waals surface area contributed by atoms with E-state index in [-0.39, 0.29) is 12.0 Å². The molecule has 0 spiro atoms. The van der Waals surface area contributed by atoms with Gasteiger partial charge in [0.1, 0.15) is 6.26 Å². The van der Waals surface area contributed by atoms with Crippen molar-refractivity contribution < 1.29 is 22.4 Å². The summed E-state index contributed by atoms with van der Waals surface area (Å²) in [6.07, 6.45) is 4.15. The topological polar surface area (TPSA) is 55.1 Å². The van der Waals surface area contributed by atoms with E-state index < -0.39 is 23.4 Å². The Labute approximate surface area is 132 Å². The van der Waals surface area contributed by atoms with Gasteiger partial charge in [0.15, 0.2) is 22.6 Å². The number of nitrogens with zero attached hydrogens (tertiary/aromatic N) is 1. The first-order valence-corrected chi connectivity index (χ1v) is 7.27. The Hall–Kier alpha value is -2.61. The van der Waals surface area contributed by atoms with E-state index in [0.29, 0.717) is 15.6 Å². The van der Waals surface area contributed by atoms with E-state index in [2.05, 4.69) is 10.3 Å². The van der Waals surface area contributed by atoms with E-state index >= 15 is 0 Å². The molecule has 118 valence electrons. The number of thiazole rings is 1. The van der Waals surface area contributed by atoms with Crippen molar-refractivity contribution >= 4 is 22.4 Å². The average molecular weight is 338 g/mol. The smallest absolute Gasteiger partial charge is 0.260 e. The molecule has 2 aromatic heterocycles. The second kappa shape index (κ2) is 6.25. The van der Waals surface area contributed by atoms with Crippen LogP contribution in [0.5, 0.6) is 0 Å². The minimum Gasteiger partial charge on any atom is -0.472 e. The standard InChI is InChI=1S/C15H9F3N2O2S/c16-11-2-1-8(12(17)13(11)18)5-10-6-19-15(23-10)20-14(21)9-3-4-22-7-9/h1-4,6-7H,5H2,(H,19,20,21). The van der Waals surface area contributed by atoms with E-state index in [9.17, 15) is 18.0 Å². The maximum atomic E-state index is 13.6. The van der Waals surface area contributed by atoms with Crippen LogP contribution < -0.4 is 5.32 Å². The second-order valence-electron chi connectivity index (χ2n) is 4.61. The third kappa shape index (κ3) is 3.26. The van der Waals surface area contributed by atoms with Crippen molar-refractivity contribution in [3.8, 4) is 0 Å². The van der Waals surface area contributed by atoms with Crippen LogP contribution in [0.3, 0.4) is 0 Å². The minimum atomic E-state index is -1.50. The van der Waals surface area contributed by atoms with Crippen LogP contribution in [0.1, 0.15) is 20.8 Å². The number of carbonyl (C=O) groups excluding carboxylic acids is 1. The Bertz CT molecular complexity index is 847. The van der Waals surface area contributed by atoms with Crippen molar-refractivity contribution in [3.05, 3.63) is 70.4 Å². The summed E-state index contributed by atoms with van der Waals surface area (Å²) in [5, 5.41) is 2.88. The van der Waals surface area contributed by atoms with Crippen LogP contribution in [0, 0.1) is 17.5 Å². The fourth-order valence-electron chi connectivity index (χ4n) is 1.90. The molecule has 8 heteroatoms. The van der Waals surface area contributed by atoms with Crippen LogP contribution in [0.4, 0.5) is 18.3 Å². The first-order valence-electron chi connectivity index (χ1n) is 6.45. The molecule has 0 aliphatic rings. The Kier molecular flexibility index (Phi) is 4.16. The van der Waals surface area contributed by atoms with Crippen molar-refractivity contribution in [1.29, 1.82) is 0 Å². The highest BCUT2D eigenvalue weighted by Gasteiger charge is 2.15. The lowest BCUT2D eigenvalue weighted by atomic mass is 10.1. The van der Waals surface area contributed by atoms with Crippen LogP contribution >= 0.6 is 11.3 Å². The number of halogens is 3. The zero-order valence-corrected chi connectivity index (χ0v) is 12.3. The number of hydrogen-bond donors (Lipinski definition) is 1. The number of benzene rings is 1. The van der Waals surface area contributed by atoms with E-state index in [1.807, 2.05) is 0 Å². The van der Waals surface area contributed by atoms with Gasteiger partial charge in [0, 0.05) is 17.5 Å². The van der Waals surface area contributed by atoms with Gasteiger partial charge < -0.3 is 4.42 Å². The number of furan rings is 1. The molecule has 0 saturated heterocycles. The third-order valence-corrected chi connectivity index (χ3v) is 3.95. The van der Waals surface area contributed by atoms with Gasteiger partial charge in [-0.25, -0.2) is 18.2 Å². The first-order chi connectivity index (χ1) is 11.0. The molecule has 0 aliphatic carbocycles. The number of rotatable bonds is 4. The molecule has 23 heavy (non-hydrogen) atoms. The SMILES string of the molecule is O=C(Nc1ncc(Cc2ccc(F)c(F)c2F)s1)c1ccoc1. The number of hydrogen-bond acceptors (Lipinski definition) is 4. The van der Waals surface area contributed by atoms with Gasteiger partial charge in [-0.3, -0.25) is 10.1 Å². The summed E-state index contributed by atoms with van der Waals surface area (Å²) in [6.45, 7) is 0. The number of aromatic nitrogens is 1. The number of amides is 1. The highest BCUT2D eigenvalue weighted by atomic mass is 32.1. The molecule has 0 aliphatic heterocycles. The summed E-state index contributed by atoms with van der Waals surface area (Å²) in [5.74, 6) is -4.34. The zero-order chi connectivity index (χ0) is 16.4. The number of nitrogens with one attached hydrogen (secondary N) is 1. The molecule has 1 N–H and O–H groups in total. The Balaban J connectivity index is 1.73. The lowest BCUT2D eigenvalue weighted by molar-refractivity contribution is 0.102. The van der Waals surface area contributed by atoms with Gasteiger partial charge in [-0.05, 0) is 17.7 Å². The highest BCUT2D eigenvalue weighted by Crippen LogP contribution is 2.24. The summed E-state index contributed by atoms with van der Waals surface area (Å²) in [7, 11) is 0. The molecule has 0 bridgehead atoms. The Morgan fingerprint density at radius 2 is 2.04 bits per heavy atom. The van der Waals surface area contributed by atoms with Crippen LogP contribution in [0.15, 0.2) is 41.3 Å². The molecule has 0 radical (unpaired) electrons. The molecular weight excluding hydrogens is 329 g/mol. The minimum absolute atomic E-state index is 0.0141. The van der Waals surface area contributed by atoms with Gasteiger partial charge in [0.2, 0.25) is 0 Å². The van der Waals surface area contributed by atoms with Crippen molar-refractivity contribution in [1.82, 2.24) is 4.98 Å². The van der Waals surface area contributed by atoms with Gasteiger partial charge in [-0.15, -0.1) is 11.3 Å². The number of anilines is 1. The summed E-state index contributed by atoms with van der Waals surface area (Å²) in [6, 6.07) is 3.55. The van der Waals surface area contributed by atoms with Gasteiger partial charge in [-0.2, -0.15) is 0 Å². The van der Waals surface area contributed by atoms with E-state index in [1.165, 1.54) is 30.9 Å². The molecule has 0 atom stereocenters. The molecule has 2 heterocycles. The van der Waals surface area contributed by atoms with E-state index in [0.717, 1.165) is 17.4 Å². The second-order valence-corrected chi connectivity index (χ2v) is 5.72. The maximum absolute atomic E-state index is 13.6. The van der Waals surface area contributed by atoms with Gasteiger partial charge in [0.05, 0.1) is 11.8 Å². The monoisotopic (exact) mass is 338 g/mol. The molecule has 4 nitrogen and oxygen atoms in total. The summed E-state index contributed by atoms with van der Waals surface area (Å²) in [5.41, 5.74) is 0.355. The molecule has 1 aromatic carbocycles. The summed E-state index contributed by atoms with van der Waals surface area (Å²) in [4.78, 5) is 16.4.